The molecule has 0 fully saturated rings. The van der Waals surface area contributed by atoms with Crippen LogP contribution in [0.15, 0.2) is 18.2 Å². The molecular weight excluding hydrogens is 237 g/mol. The molecule has 17 heavy (non-hydrogen) atoms. The molecule has 0 bridgehead atoms. The molecule has 1 aromatic carbocycles. The number of hydrogen-bond acceptors (Lipinski definition) is 3. The second-order valence-electron chi connectivity index (χ2n) is 3.62. The number of rotatable bonds is 0. The number of benzene rings is 1. The fraction of sp³-hybridized carbons (Fsp3) is 0.300. The maximum atomic E-state index is 12.4. The van der Waals surface area contributed by atoms with Crippen LogP contribution >= 0.6 is 0 Å². The van der Waals surface area contributed by atoms with E-state index in [2.05, 4.69) is 5.32 Å². The van der Waals surface area contributed by atoms with E-state index in [1.54, 1.807) is 0 Å². The molecule has 7 heteroatoms. The summed E-state index contributed by atoms with van der Waals surface area (Å²) in [7, 11) is 0. The number of amides is 1. The smallest absolute Gasteiger partial charge is 0.416 e. The normalized spacial score (nSPS) is 20.0. The summed E-state index contributed by atoms with van der Waals surface area (Å²) in [6.45, 7) is -0.153. The predicted octanol–water partition coefficient (Wildman–Crippen LogP) is 1.36. The lowest BCUT2D eigenvalue weighted by atomic mass is 10.2. The molecule has 1 aromatic rings. The number of halogens is 3. The Labute approximate surface area is 94.5 Å². The molecule has 1 atom stereocenters. The number of ether oxygens (including phenoxy) is 1. The van der Waals surface area contributed by atoms with E-state index in [-0.39, 0.29) is 18.0 Å². The Morgan fingerprint density at radius 3 is 2.76 bits per heavy atom. The molecule has 0 saturated heterocycles. The Morgan fingerprint density at radius 2 is 2.12 bits per heavy atom. The van der Waals surface area contributed by atoms with Gasteiger partial charge in [0.1, 0.15) is 18.4 Å². The van der Waals surface area contributed by atoms with Crippen molar-refractivity contribution < 1.29 is 22.7 Å². The molecule has 0 spiro atoms. The molecule has 0 radical (unpaired) electrons. The first-order valence-corrected chi connectivity index (χ1v) is 4.78. The highest BCUT2D eigenvalue weighted by molar-refractivity contribution is 5.96. The molecule has 2 rings (SSSR count). The molecule has 0 aliphatic carbocycles. The van der Waals surface area contributed by atoms with Gasteiger partial charge in [-0.05, 0) is 18.2 Å². The number of nitrogens with two attached hydrogens (primary N) is 1. The van der Waals surface area contributed by atoms with Gasteiger partial charge in [-0.25, -0.2) is 0 Å². The molecule has 0 saturated carbocycles. The summed E-state index contributed by atoms with van der Waals surface area (Å²) in [5, 5.41) is 2.39. The van der Waals surface area contributed by atoms with Crippen molar-refractivity contribution in [1.82, 2.24) is 0 Å². The number of alkyl halides is 3. The number of carbonyl (C=O) groups is 1. The van der Waals surface area contributed by atoms with Crippen molar-refractivity contribution in [3.63, 3.8) is 0 Å². The van der Waals surface area contributed by atoms with Gasteiger partial charge in [0.15, 0.2) is 0 Å². The number of carbonyl (C=O) groups excluding carboxylic acids is 1. The first kappa shape index (κ1) is 11.7. The average Bonchev–Trinajstić information content (AvgIpc) is 2.38. The van der Waals surface area contributed by atoms with E-state index in [0.29, 0.717) is 0 Å². The van der Waals surface area contributed by atoms with Crippen molar-refractivity contribution in [3.05, 3.63) is 23.8 Å². The van der Waals surface area contributed by atoms with Gasteiger partial charge >= 0.3 is 6.18 Å². The van der Waals surface area contributed by atoms with Crippen LogP contribution in [0.25, 0.3) is 0 Å². The number of fused-ring (bicyclic) bond motifs is 1. The summed E-state index contributed by atoms with van der Waals surface area (Å²) in [5.74, 6) is -0.510. The molecular formula is C10H9F3N2O2. The molecule has 1 aliphatic rings. The third-order valence-electron chi connectivity index (χ3n) is 2.32. The second-order valence-corrected chi connectivity index (χ2v) is 3.62. The molecule has 1 heterocycles. The monoisotopic (exact) mass is 246 g/mol. The van der Waals surface area contributed by atoms with E-state index in [1.165, 1.54) is 0 Å². The van der Waals surface area contributed by atoms with Crippen LogP contribution in [0.5, 0.6) is 5.75 Å². The van der Waals surface area contributed by atoms with E-state index in [1.807, 2.05) is 0 Å². The summed E-state index contributed by atoms with van der Waals surface area (Å²) in [6.07, 6.45) is -4.45. The minimum Gasteiger partial charge on any atom is -0.489 e. The zero-order valence-corrected chi connectivity index (χ0v) is 8.54. The van der Waals surface area contributed by atoms with Crippen molar-refractivity contribution >= 4 is 11.6 Å². The fourth-order valence-electron chi connectivity index (χ4n) is 1.40. The second kappa shape index (κ2) is 3.92. The van der Waals surface area contributed by atoms with Crippen molar-refractivity contribution in [1.29, 1.82) is 0 Å². The fourth-order valence-corrected chi connectivity index (χ4v) is 1.40. The van der Waals surface area contributed by atoms with Gasteiger partial charge in [0, 0.05) is 0 Å². The lowest BCUT2D eigenvalue weighted by Gasteiger charge is -2.11. The van der Waals surface area contributed by atoms with Crippen LogP contribution in [0.2, 0.25) is 0 Å². The Morgan fingerprint density at radius 1 is 1.41 bits per heavy atom. The van der Waals surface area contributed by atoms with E-state index in [9.17, 15) is 18.0 Å². The highest BCUT2D eigenvalue weighted by Crippen LogP contribution is 2.35. The SMILES string of the molecule is NC1COc2cc(C(F)(F)F)ccc2NC1=O. The molecule has 1 unspecified atom stereocenters. The summed E-state index contributed by atoms with van der Waals surface area (Å²) in [4.78, 5) is 11.3. The number of hydrogen-bond donors (Lipinski definition) is 2. The maximum absolute atomic E-state index is 12.4. The van der Waals surface area contributed by atoms with Crippen LogP contribution in [-0.2, 0) is 11.0 Å². The van der Waals surface area contributed by atoms with Crippen molar-refractivity contribution in [2.24, 2.45) is 5.73 Å². The van der Waals surface area contributed by atoms with Crippen molar-refractivity contribution in [3.8, 4) is 5.75 Å². The number of anilines is 1. The molecule has 1 amide bonds. The lowest BCUT2D eigenvalue weighted by Crippen LogP contribution is -2.38. The van der Waals surface area contributed by atoms with Gasteiger partial charge in [0.05, 0.1) is 11.3 Å². The first-order valence-electron chi connectivity index (χ1n) is 4.78. The molecule has 4 nitrogen and oxygen atoms in total. The zero-order chi connectivity index (χ0) is 12.6. The van der Waals surface area contributed by atoms with Crippen molar-refractivity contribution in [2.45, 2.75) is 12.2 Å². The Balaban J connectivity index is 2.38. The lowest BCUT2D eigenvalue weighted by molar-refractivity contribution is -0.137. The number of nitrogens with one attached hydrogen (secondary N) is 1. The van der Waals surface area contributed by atoms with Crippen LogP contribution < -0.4 is 15.8 Å². The summed E-state index contributed by atoms with van der Waals surface area (Å²) < 4.78 is 42.4. The van der Waals surface area contributed by atoms with Crippen LogP contribution in [0.1, 0.15) is 5.56 Å². The first-order chi connectivity index (χ1) is 7.88. The van der Waals surface area contributed by atoms with Crippen LogP contribution in [0.3, 0.4) is 0 Å². The topological polar surface area (TPSA) is 64.3 Å². The van der Waals surface area contributed by atoms with Gasteiger partial charge in [0.25, 0.3) is 0 Å². The summed E-state index contributed by atoms with van der Waals surface area (Å²) >= 11 is 0. The van der Waals surface area contributed by atoms with E-state index in [0.717, 1.165) is 18.2 Å². The highest BCUT2D eigenvalue weighted by atomic mass is 19.4. The standard InChI is InChI=1S/C10H9F3N2O2/c11-10(12,13)5-1-2-7-8(3-5)17-4-6(14)9(16)15-7/h1-3,6H,4,14H2,(H,15,16). The maximum Gasteiger partial charge on any atom is 0.416 e. The third kappa shape index (κ3) is 2.33. The van der Waals surface area contributed by atoms with Gasteiger partial charge in [0.2, 0.25) is 5.91 Å². The Bertz CT molecular complexity index is 459. The largest absolute Gasteiger partial charge is 0.489 e. The van der Waals surface area contributed by atoms with Gasteiger partial charge in [-0.1, -0.05) is 0 Å². The average molecular weight is 246 g/mol. The zero-order valence-electron chi connectivity index (χ0n) is 8.54. The quantitative estimate of drug-likeness (QED) is 0.726. The Kier molecular flexibility index (Phi) is 2.70. The van der Waals surface area contributed by atoms with Gasteiger partial charge < -0.3 is 15.8 Å². The van der Waals surface area contributed by atoms with E-state index in [4.69, 9.17) is 10.5 Å². The summed E-state index contributed by atoms with van der Waals surface area (Å²) in [5.41, 5.74) is 4.78. The minimum atomic E-state index is -4.45. The van der Waals surface area contributed by atoms with Crippen LogP contribution in [0, 0.1) is 0 Å². The van der Waals surface area contributed by atoms with Gasteiger partial charge in [-0.3, -0.25) is 4.79 Å². The molecule has 0 aromatic heterocycles. The molecule has 1 aliphatic heterocycles. The Hall–Kier alpha value is -1.76. The molecule has 92 valence electrons. The van der Waals surface area contributed by atoms with E-state index >= 15 is 0 Å². The van der Waals surface area contributed by atoms with Crippen LogP contribution in [0.4, 0.5) is 18.9 Å². The molecule has 3 N–H and O–H groups in total. The van der Waals surface area contributed by atoms with Crippen molar-refractivity contribution in [2.75, 3.05) is 11.9 Å². The van der Waals surface area contributed by atoms with Gasteiger partial charge in [-0.2, -0.15) is 13.2 Å². The summed E-state index contributed by atoms with van der Waals surface area (Å²) in [6, 6.07) is 1.97. The van der Waals surface area contributed by atoms with Crippen LogP contribution in [-0.4, -0.2) is 18.6 Å². The highest BCUT2D eigenvalue weighted by Gasteiger charge is 2.32. The van der Waals surface area contributed by atoms with Gasteiger partial charge in [-0.15, -0.1) is 0 Å². The third-order valence-corrected chi connectivity index (χ3v) is 2.32. The minimum absolute atomic E-state index is 0.0267. The van der Waals surface area contributed by atoms with E-state index < -0.39 is 23.7 Å². The predicted molar refractivity (Wildman–Crippen MR) is 53.5 cm³/mol.